The SMILES string of the molecule is NSCCNc1nc(-c2c[nH]c3ncc(F)cc23)ncc1F. The van der Waals surface area contributed by atoms with Gasteiger partial charge < -0.3 is 10.3 Å². The van der Waals surface area contributed by atoms with Crippen LogP contribution >= 0.6 is 11.9 Å². The molecular formula is C13H12F2N6S. The van der Waals surface area contributed by atoms with Gasteiger partial charge in [0.25, 0.3) is 0 Å². The number of hydrogen-bond donors (Lipinski definition) is 3. The fourth-order valence-corrected chi connectivity index (χ4v) is 2.23. The quantitative estimate of drug-likeness (QED) is 0.493. The molecule has 0 unspecified atom stereocenters. The lowest BCUT2D eigenvalue weighted by molar-refractivity contribution is 0.618. The number of fused-ring (bicyclic) bond motifs is 1. The van der Waals surface area contributed by atoms with E-state index < -0.39 is 11.6 Å². The molecule has 4 N–H and O–H groups in total. The van der Waals surface area contributed by atoms with Crippen LogP contribution < -0.4 is 10.5 Å². The maximum absolute atomic E-state index is 13.7. The highest BCUT2D eigenvalue weighted by molar-refractivity contribution is 7.97. The number of halogens is 2. The second-order valence-corrected chi connectivity index (χ2v) is 5.18. The Labute approximate surface area is 128 Å². The van der Waals surface area contributed by atoms with E-state index in [1.807, 2.05) is 0 Å². The Morgan fingerprint density at radius 2 is 2.14 bits per heavy atom. The monoisotopic (exact) mass is 322 g/mol. The van der Waals surface area contributed by atoms with E-state index in [4.69, 9.17) is 5.14 Å². The third-order valence-corrected chi connectivity index (χ3v) is 3.43. The van der Waals surface area contributed by atoms with Crippen molar-refractivity contribution in [3.05, 3.63) is 36.3 Å². The first-order chi connectivity index (χ1) is 10.7. The zero-order valence-corrected chi connectivity index (χ0v) is 12.1. The van der Waals surface area contributed by atoms with Gasteiger partial charge in [0.05, 0.1) is 12.4 Å². The van der Waals surface area contributed by atoms with E-state index in [9.17, 15) is 8.78 Å². The van der Waals surface area contributed by atoms with Crippen molar-refractivity contribution in [3.8, 4) is 11.4 Å². The van der Waals surface area contributed by atoms with Gasteiger partial charge in [-0.05, 0) is 6.07 Å². The molecule has 0 spiro atoms. The smallest absolute Gasteiger partial charge is 0.183 e. The van der Waals surface area contributed by atoms with Crippen LogP contribution in [0.2, 0.25) is 0 Å². The minimum Gasteiger partial charge on any atom is -0.367 e. The van der Waals surface area contributed by atoms with Crippen molar-refractivity contribution in [1.29, 1.82) is 0 Å². The number of hydrogen-bond acceptors (Lipinski definition) is 6. The molecule has 0 radical (unpaired) electrons. The topological polar surface area (TPSA) is 92.5 Å². The summed E-state index contributed by atoms with van der Waals surface area (Å²) in [5.41, 5.74) is 1.07. The van der Waals surface area contributed by atoms with Crippen molar-refractivity contribution in [2.45, 2.75) is 0 Å². The maximum Gasteiger partial charge on any atom is 0.183 e. The summed E-state index contributed by atoms with van der Waals surface area (Å²) in [5, 5.41) is 8.70. The van der Waals surface area contributed by atoms with Crippen LogP contribution in [0.15, 0.2) is 24.7 Å². The molecule has 0 bridgehead atoms. The lowest BCUT2D eigenvalue weighted by Gasteiger charge is -2.07. The van der Waals surface area contributed by atoms with Gasteiger partial charge in [-0.3, -0.25) is 5.14 Å². The van der Waals surface area contributed by atoms with E-state index in [2.05, 4.69) is 25.3 Å². The molecule has 3 aromatic heterocycles. The van der Waals surface area contributed by atoms with Crippen molar-refractivity contribution >= 4 is 28.8 Å². The Morgan fingerprint density at radius 3 is 2.95 bits per heavy atom. The molecule has 9 heteroatoms. The number of aromatic nitrogens is 4. The molecule has 3 heterocycles. The highest BCUT2D eigenvalue weighted by Gasteiger charge is 2.13. The summed E-state index contributed by atoms with van der Waals surface area (Å²) in [6.07, 6.45) is 3.81. The zero-order chi connectivity index (χ0) is 15.5. The largest absolute Gasteiger partial charge is 0.367 e. The number of nitrogens with two attached hydrogens (primary N) is 1. The molecule has 0 aromatic carbocycles. The first-order valence-corrected chi connectivity index (χ1v) is 7.45. The van der Waals surface area contributed by atoms with Crippen LogP contribution in [0.4, 0.5) is 14.6 Å². The van der Waals surface area contributed by atoms with E-state index in [0.717, 1.165) is 24.3 Å². The first-order valence-electron chi connectivity index (χ1n) is 6.40. The molecule has 22 heavy (non-hydrogen) atoms. The molecular weight excluding hydrogens is 310 g/mol. The van der Waals surface area contributed by atoms with Gasteiger partial charge in [-0.2, -0.15) is 0 Å². The van der Waals surface area contributed by atoms with Gasteiger partial charge in [-0.1, -0.05) is 11.9 Å². The molecule has 3 rings (SSSR count). The van der Waals surface area contributed by atoms with E-state index in [0.29, 0.717) is 28.9 Å². The van der Waals surface area contributed by atoms with Crippen LogP contribution in [-0.4, -0.2) is 32.2 Å². The maximum atomic E-state index is 13.7. The van der Waals surface area contributed by atoms with E-state index in [1.54, 1.807) is 6.20 Å². The van der Waals surface area contributed by atoms with E-state index in [-0.39, 0.29) is 11.6 Å². The Hall–Kier alpha value is -2.26. The average molecular weight is 322 g/mol. The number of rotatable bonds is 5. The van der Waals surface area contributed by atoms with E-state index in [1.165, 1.54) is 6.07 Å². The number of aromatic amines is 1. The van der Waals surface area contributed by atoms with Crippen molar-refractivity contribution < 1.29 is 8.78 Å². The van der Waals surface area contributed by atoms with Crippen LogP contribution in [0.1, 0.15) is 0 Å². The summed E-state index contributed by atoms with van der Waals surface area (Å²) in [6.45, 7) is 0.471. The lowest BCUT2D eigenvalue weighted by Crippen LogP contribution is -2.09. The summed E-state index contributed by atoms with van der Waals surface area (Å²) in [6, 6.07) is 1.33. The van der Waals surface area contributed by atoms with Crippen LogP contribution in [0, 0.1) is 11.6 Å². The van der Waals surface area contributed by atoms with Crippen LogP contribution in [0.25, 0.3) is 22.4 Å². The molecule has 0 amide bonds. The fourth-order valence-electron chi connectivity index (χ4n) is 2.01. The number of nitrogens with zero attached hydrogens (tertiary/aromatic N) is 3. The Balaban J connectivity index is 1.99. The van der Waals surface area contributed by atoms with Gasteiger partial charge in [0.1, 0.15) is 11.5 Å². The Bertz CT molecular complexity index is 806. The first kappa shape index (κ1) is 14.7. The summed E-state index contributed by atoms with van der Waals surface area (Å²) in [4.78, 5) is 15.0. The van der Waals surface area contributed by atoms with Crippen molar-refractivity contribution in [3.63, 3.8) is 0 Å². The van der Waals surface area contributed by atoms with Gasteiger partial charge in [0.2, 0.25) is 0 Å². The third-order valence-electron chi connectivity index (χ3n) is 3.00. The summed E-state index contributed by atoms with van der Waals surface area (Å²) in [5.74, 6) is -0.0505. The normalized spacial score (nSPS) is 11.0. The van der Waals surface area contributed by atoms with Gasteiger partial charge in [0, 0.05) is 29.4 Å². The highest BCUT2D eigenvalue weighted by atomic mass is 32.2. The van der Waals surface area contributed by atoms with Crippen molar-refractivity contribution in [2.75, 3.05) is 17.6 Å². The van der Waals surface area contributed by atoms with Crippen LogP contribution in [0.3, 0.4) is 0 Å². The molecule has 0 saturated heterocycles. The summed E-state index contributed by atoms with van der Waals surface area (Å²) < 4.78 is 27.1. The van der Waals surface area contributed by atoms with Gasteiger partial charge in [-0.15, -0.1) is 0 Å². The standard InChI is InChI=1S/C13H12F2N6S/c14-7-3-8-9(5-19-11(8)18-4-7)12-20-6-10(15)13(21-12)17-1-2-22-16/h3-6H,1-2,16H2,(H,18,19)(H,17,20,21). The average Bonchev–Trinajstić information content (AvgIpc) is 2.92. The highest BCUT2D eigenvalue weighted by Crippen LogP contribution is 2.26. The van der Waals surface area contributed by atoms with Gasteiger partial charge in [-0.25, -0.2) is 23.7 Å². The zero-order valence-electron chi connectivity index (χ0n) is 11.3. The predicted molar refractivity (Wildman–Crippen MR) is 82.2 cm³/mol. The van der Waals surface area contributed by atoms with Gasteiger partial charge >= 0.3 is 0 Å². The lowest BCUT2D eigenvalue weighted by atomic mass is 10.2. The number of pyridine rings is 1. The van der Waals surface area contributed by atoms with Crippen LogP contribution in [0.5, 0.6) is 0 Å². The van der Waals surface area contributed by atoms with Crippen molar-refractivity contribution in [1.82, 2.24) is 19.9 Å². The Morgan fingerprint density at radius 1 is 1.27 bits per heavy atom. The minimum absolute atomic E-state index is 0.0813. The van der Waals surface area contributed by atoms with Crippen LogP contribution in [-0.2, 0) is 0 Å². The predicted octanol–water partition coefficient (Wildman–Crippen LogP) is 2.32. The molecule has 0 saturated carbocycles. The molecule has 0 aliphatic rings. The summed E-state index contributed by atoms with van der Waals surface area (Å²) >= 11 is 1.15. The Kier molecular flexibility index (Phi) is 4.16. The van der Waals surface area contributed by atoms with Crippen molar-refractivity contribution in [2.24, 2.45) is 5.14 Å². The summed E-state index contributed by atoms with van der Waals surface area (Å²) in [7, 11) is 0. The fraction of sp³-hybridized carbons (Fsp3) is 0.154. The minimum atomic E-state index is -0.560. The number of nitrogens with one attached hydrogen (secondary N) is 2. The second-order valence-electron chi connectivity index (χ2n) is 4.44. The molecule has 0 aliphatic heterocycles. The molecule has 0 fully saturated rings. The molecule has 3 aromatic rings. The molecule has 0 aliphatic carbocycles. The second kappa shape index (κ2) is 6.24. The number of H-pyrrole nitrogens is 1. The van der Waals surface area contributed by atoms with Gasteiger partial charge in [0.15, 0.2) is 17.5 Å². The third kappa shape index (κ3) is 2.85. The molecule has 114 valence electrons. The molecule has 0 atom stereocenters. The number of anilines is 1. The molecule has 6 nitrogen and oxygen atoms in total. The van der Waals surface area contributed by atoms with E-state index >= 15 is 0 Å².